The molecule has 2 aliphatic rings. The molecule has 0 aromatic carbocycles. The molecule has 0 spiro atoms. The van der Waals surface area contributed by atoms with Crippen molar-refractivity contribution in [3.05, 3.63) is 23.9 Å². The molecule has 0 unspecified atom stereocenters. The minimum Gasteiger partial charge on any atom is -0.377 e. The number of urea groups is 1. The summed E-state index contributed by atoms with van der Waals surface area (Å²) >= 11 is 0. The third-order valence-corrected chi connectivity index (χ3v) is 5.12. The molecule has 2 amide bonds. The standard InChI is InChI=1S/C17H26N4O2/c1-17(2)13(12-7-9-23-14(12)17)20-16(22)19-10-11-6-5-8-18-15(11)21(3)4/h5-6,8,12-14H,7,9-10H2,1-4H3,(H2,19,20,22)/t12-,13+,14+/m0/s1. The van der Waals surface area contributed by atoms with E-state index in [1.165, 1.54) is 0 Å². The van der Waals surface area contributed by atoms with E-state index in [1.807, 2.05) is 31.1 Å². The van der Waals surface area contributed by atoms with Gasteiger partial charge in [-0.1, -0.05) is 19.9 Å². The maximum absolute atomic E-state index is 12.3. The number of carbonyl (C=O) groups excluding carboxylic acids is 1. The predicted octanol–water partition coefficient (Wildman–Crippen LogP) is 1.76. The molecule has 1 saturated carbocycles. The van der Waals surface area contributed by atoms with E-state index in [9.17, 15) is 4.79 Å². The summed E-state index contributed by atoms with van der Waals surface area (Å²) in [4.78, 5) is 18.6. The summed E-state index contributed by atoms with van der Waals surface area (Å²) in [6.07, 6.45) is 3.08. The van der Waals surface area contributed by atoms with Crippen LogP contribution in [0.4, 0.5) is 10.6 Å². The van der Waals surface area contributed by atoms with Gasteiger partial charge >= 0.3 is 6.03 Å². The molecule has 6 nitrogen and oxygen atoms in total. The molecule has 126 valence electrons. The molecule has 6 heteroatoms. The fourth-order valence-electron chi connectivity index (χ4n) is 3.96. The Labute approximate surface area is 137 Å². The first-order valence-corrected chi connectivity index (χ1v) is 8.18. The maximum atomic E-state index is 12.3. The first-order chi connectivity index (χ1) is 10.9. The Morgan fingerprint density at radius 1 is 1.48 bits per heavy atom. The number of nitrogens with one attached hydrogen (secondary N) is 2. The summed E-state index contributed by atoms with van der Waals surface area (Å²) in [7, 11) is 3.89. The third-order valence-electron chi connectivity index (χ3n) is 5.12. The number of nitrogens with zero attached hydrogens (tertiary/aromatic N) is 2. The quantitative estimate of drug-likeness (QED) is 0.888. The van der Waals surface area contributed by atoms with E-state index in [2.05, 4.69) is 29.5 Å². The first kappa shape index (κ1) is 16.1. The summed E-state index contributed by atoms with van der Waals surface area (Å²) in [5.74, 6) is 1.33. The number of hydrogen-bond donors (Lipinski definition) is 2. The monoisotopic (exact) mass is 318 g/mol. The van der Waals surface area contributed by atoms with Crippen LogP contribution in [-0.2, 0) is 11.3 Å². The Hall–Kier alpha value is -1.82. The second-order valence-electron chi connectivity index (χ2n) is 7.25. The molecule has 1 saturated heterocycles. The Kier molecular flexibility index (Phi) is 4.19. The Morgan fingerprint density at radius 3 is 3.00 bits per heavy atom. The van der Waals surface area contributed by atoms with Crippen LogP contribution in [0.3, 0.4) is 0 Å². The van der Waals surface area contributed by atoms with E-state index in [0.29, 0.717) is 12.5 Å². The minimum atomic E-state index is -0.123. The molecule has 1 aliphatic carbocycles. The number of aromatic nitrogens is 1. The smallest absolute Gasteiger partial charge is 0.315 e. The van der Waals surface area contributed by atoms with Gasteiger partial charge in [0.25, 0.3) is 0 Å². The van der Waals surface area contributed by atoms with E-state index in [1.54, 1.807) is 6.20 Å². The number of rotatable bonds is 4. The number of amides is 2. The predicted molar refractivity (Wildman–Crippen MR) is 89.4 cm³/mol. The van der Waals surface area contributed by atoms with Crippen LogP contribution >= 0.6 is 0 Å². The molecule has 0 bridgehead atoms. The average molecular weight is 318 g/mol. The normalized spacial score (nSPS) is 27.7. The summed E-state index contributed by atoms with van der Waals surface area (Å²) in [6.45, 7) is 5.59. The molecule has 1 aromatic heterocycles. The van der Waals surface area contributed by atoms with E-state index in [4.69, 9.17) is 4.74 Å². The van der Waals surface area contributed by atoms with Gasteiger partial charge in [0.15, 0.2) is 0 Å². The van der Waals surface area contributed by atoms with Crippen LogP contribution in [0.5, 0.6) is 0 Å². The second kappa shape index (κ2) is 6.00. The lowest BCUT2D eigenvalue weighted by atomic mass is 9.57. The lowest BCUT2D eigenvalue weighted by Crippen LogP contribution is -2.67. The first-order valence-electron chi connectivity index (χ1n) is 8.18. The molecular formula is C17H26N4O2. The van der Waals surface area contributed by atoms with E-state index in [0.717, 1.165) is 24.4 Å². The van der Waals surface area contributed by atoms with E-state index in [-0.39, 0.29) is 23.6 Å². The second-order valence-corrected chi connectivity index (χ2v) is 7.25. The summed E-state index contributed by atoms with van der Waals surface area (Å²) in [6, 6.07) is 3.92. The van der Waals surface area contributed by atoms with Crippen LogP contribution < -0.4 is 15.5 Å². The van der Waals surface area contributed by atoms with Crippen LogP contribution in [0.2, 0.25) is 0 Å². The summed E-state index contributed by atoms with van der Waals surface area (Å²) in [5, 5.41) is 6.09. The fourth-order valence-corrected chi connectivity index (χ4v) is 3.96. The molecule has 2 N–H and O–H groups in total. The number of anilines is 1. The van der Waals surface area contributed by atoms with Crippen molar-refractivity contribution < 1.29 is 9.53 Å². The SMILES string of the molecule is CN(C)c1ncccc1CNC(=O)N[C@@H]1[C@@H]2CCO[C@H]2C1(C)C. The Bertz CT molecular complexity index is 588. The molecule has 1 aliphatic heterocycles. The molecule has 23 heavy (non-hydrogen) atoms. The minimum absolute atomic E-state index is 0.00159. The lowest BCUT2D eigenvalue weighted by molar-refractivity contribution is -0.108. The van der Waals surface area contributed by atoms with Gasteiger partial charge in [0, 0.05) is 56.4 Å². The number of ether oxygens (including phenoxy) is 1. The zero-order valence-electron chi connectivity index (χ0n) is 14.3. The van der Waals surface area contributed by atoms with Crippen molar-refractivity contribution >= 4 is 11.8 Å². The molecular weight excluding hydrogens is 292 g/mol. The van der Waals surface area contributed by atoms with Gasteiger partial charge in [-0.05, 0) is 12.5 Å². The van der Waals surface area contributed by atoms with Crippen LogP contribution in [0.1, 0.15) is 25.8 Å². The van der Waals surface area contributed by atoms with Crippen molar-refractivity contribution in [1.82, 2.24) is 15.6 Å². The average Bonchev–Trinajstić information content (AvgIpc) is 2.98. The van der Waals surface area contributed by atoms with Crippen molar-refractivity contribution in [2.75, 3.05) is 25.6 Å². The van der Waals surface area contributed by atoms with Crippen LogP contribution in [-0.4, -0.2) is 43.9 Å². The van der Waals surface area contributed by atoms with Crippen LogP contribution in [0, 0.1) is 11.3 Å². The molecule has 3 rings (SSSR count). The fraction of sp³-hybridized carbons (Fsp3) is 0.647. The van der Waals surface area contributed by atoms with Crippen molar-refractivity contribution in [1.29, 1.82) is 0 Å². The zero-order valence-corrected chi connectivity index (χ0v) is 14.3. The highest BCUT2D eigenvalue weighted by Gasteiger charge is 2.59. The number of hydrogen-bond acceptors (Lipinski definition) is 4. The molecule has 2 fully saturated rings. The topological polar surface area (TPSA) is 66.5 Å². The zero-order chi connectivity index (χ0) is 16.6. The van der Waals surface area contributed by atoms with Crippen molar-refractivity contribution in [2.24, 2.45) is 11.3 Å². The van der Waals surface area contributed by atoms with Crippen molar-refractivity contribution in [2.45, 2.75) is 39.0 Å². The van der Waals surface area contributed by atoms with E-state index >= 15 is 0 Å². The van der Waals surface area contributed by atoms with Gasteiger partial charge in [-0.2, -0.15) is 0 Å². The van der Waals surface area contributed by atoms with Gasteiger partial charge in [0.1, 0.15) is 5.82 Å². The molecule has 0 radical (unpaired) electrons. The highest BCUT2D eigenvalue weighted by molar-refractivity contribution is 5.74. The number of carbonyl (C=O) groups is 1. The van der Waals surface area contributed by atoms with Gasteiger partial charge in [-0.15, -0.1) is 0 Å². The largest absolute Gasteiger partial charge is 0.377 e. The van der Waals surface area contributed by atoms with Crippen molar-refractivity contribution in [3.8, 4) is 0 Å². The van der Waals surface area contributed by atoms with Crippen LogP contribution in [0.15, 0.2) is 18.3 Å². The number of fused-ring (bicyclic) bond motifs is 1. The van der Waals surface area contributed by atoms with E-state index < -0.39 is 0 Å². The van der Waals surface area contributed by atoms with Crippen LogP contribution in [0.25, 0.3) is 0 Å². The van der Waals surface area contributed by atoms with Gasteiger partial charge in [-0.25, -0.2) is 9.78 Å². The Balaban J connectivity index is 1.57. The van der Waals surface area contributed by atoms with Gasteiger partial charge in [-0.3, -0.25) is 0 Å². The van der Waals surface area contributed by atoms with Crippen molar-refractivity contribution in [3.63, 3.8) is 0 Å². The van der Waals surface area contributed by atoms with Gasteiger partial charge < -0.3 is 20.3 Å². The maximum Gasteiger partial charge on any atom is 0.315 e. The summed E-state index contributed by atoms with van der Waals surface area (Å²) < 4.78 is 5.76. The van der Waals surface area contributed by atoms with Gasteiger partial charge in [0.05, 0.1) is 6.10 Å². The lowest BCUT2D eigenvalue weighted by Gasteiger charge is -2.54. The third kappa shape index (κ3) is 2.87. The number of pyridine rings is 1. The van der Waals surface area contributed by atoms with Gasteiger partial charge in [0.2, 0.25) is 0 Å². The summed E-state index contributed by atoms with van der Waals surface area (Å²) in [5.41, 5.74) is 1.00. The highest BCUT2D eigenvalue weighted by atomic mass is 16.5. The highest BCUT2D eigenvalue weighted by Crippen LogP contribution is 2.52. The Morgan fingerprint density at radius 2 is 2.26 bits per heavy atom. The molecule has 1 aromatic rings. The molecule has 3 atom stereocenters. The molecule has 2 heterocycles.